The number of likely N-dealkylation sites (N-methyl/N-ethyl adjacent to an activating group) is 1. The zero-order chi connectivity index (χ0) is 26.9. The van der Waals surface area contributed by atoms with Gasteiger partial charge >= 0.3 is 0 Å². The van der Waals surface area contributed by atoms with E-state index in [0.29, 0.717) is 65.0 Å². The quantitative estimate of drug-likeness (QED) is 0.389. The van der Waals surface area contributed by atoms with Gasteiger partial charge in [-0.3, -0.25) is 9.69 Å². The first-order valence-electron chi connectivity index (χ1n) is 12.2. The van der Waals surface area contributed by atoms with E-state index in [4.69, 9.17) is 21.3 Å². The van der Waals surface area contributed by atoms with Gasteiger partial charge in [0.15, 0.2) is 5.13 Å². The van der Waals surface area contributed by atoms with E-state index in [9.17, 15) is 13.2 Å². The molecule has 200 valence electrons. The number of benzene rings is 2. The zero-order valence-electron chi connectivity index (χ0n) is 21.8. The third-order valence-corrected chi connectivity index (χ3v) is 9.87. The maximum atomic E-state index is 13.7. The number of nitrogens with zero attached hydrogens (tertiary/aromatic N) is 4. The molecular formula is C26H33ClN4O4S2. The lowest BCUT2D eigenvalue weighted by molar-refractivity contribution is 0.0985. The monoisotopic (exact) mass is 564 g/mol. The summed E-state index contributed by atoms with van der Waals surface area (Å²) in [5, 5.41) is 1.04. The number of hydrogen-bond acceptors (Lipinski definition) is 7. The van der Waals surface area contributed by atoms with E-state index in [-0.39, 0.29) is 10.8 Å². The summed E-state index contributed by atoms with van der Waals surface area (Å²) in [6.07, 6.45) is 1.02. The fraction of sp³-hybridized carbons (Fsp3) is 0.462. The van der Waals surface area contributed by atoms with Crippen LogP contribution in [0.5, 0.6) is 5.75 Å². The molecule has 8 nitrogen and oxygen atoms in total. The Kier molecular flexibility index (Phi) is 8.45. The smallest absolute Gasteiger partial charge is 0.260 e. The molecule has 0 saturated carbocycles. The van der Waals surface area contributed by atoms with Crippen LogP contribution in [0.25, 0.3) is 10.2 Å². The molecule has 0 aliphatic carbocycles. The second-order valence-corrected chi connectivity index (χ2v) is 13.3. The third-order valence-electron chi connectivity index (χ3n) is 6.49. The minimum absolute atomic E-state index is 0.196. The Morgan fingerprint density at radius 3 is 2.35 bits per heavy atom. The zero-order valence-corrected chi connectivity index (χ0v) is 24.2. The number of hydrogen-bond donors (Lipinski definition) is 0. The molecule has 2 aromatic carbocycles. The molecule has 0 spiro atoms. The number of sulfonamides is 1. The molecule has 0 bridgehead atoms. The summed E-state index contributed by atoms with van der Waals surface area (Å²) < 4.78 is 34.3. The fourth-order valence-electron chi connectivity index (χ4n) is 4.68. The second-order valence-electron chi connectivity index (χ2n) is 9.98. The van der Waals surface area contributed by atoms with Gasteiger partial charge < -0.3 is 9.64 Å². The van der Waals surface area contributed by atoms with Crippen molar-refractivity contribution in [1.29, 1.82) is 0 Å². The van der Waals surface area contributed by atoms with Crippen molar-refractivity contribution in [2.75, 3.05) is 52.3 Å². The van der Waals surface area contributed by atoms with Crippen LogP contribution in [0.2, 0.25) is 5.02 Å². The lowest BCUT2D eigenvalue weighted by atomic mass is 9.94. The highest BCUT2D eigenvalue weighted by molar-refractivity contribution is 7.89. The molecule has 2 heterocycles. The Balaban J connectivity index is 1.64. The first-order chi connectivity index (χ1) is 17.5. The Bertz CT molecular complexity index is 1370. The number of carbonyl (C=O) groups excluding carboxylic acids is 1. The van der Waals surface area contributed by atoms with Gasteiger partial charge in [0.1, 0.15) is 11.3 Å². The van der Waals surface area contributed by atoms with E-state index in [1.807, 2.05) is 19.0 Å². The van der Waals surface area contributed by atoms with Gasteiger partial charge in [-0.2, -0.15) is 4.31 Å². The van der Waals surface area contributed by atoms with Crippen LogP contribution in [0.3, 0.4) is 0 Å². The lowest BCUT2D eigenvalue weighted by Gasteiger charge is -2.34. The van der Waals surface area contributed by atoms with Crippen LogP contribution in [-0.2, 0) is 10.0 Å². The van der Waals surface area contributed by atoms with Crippen molar-refractivity contribution in [3.63, 3.8) is 0 Å². The third kappa shape index (κ3) is 5.93. The van der Waals surface area contributed by atoms with Crippen LogP contribution < -0.4 is 9.64 Å². The first-order valence-corrected chi connectivity index (χ1v) is 14.8. The van der Waals surface area contributed by atoms with Crippen molar-refractivity contribution in [1.82, 2.24) is 14.2 Å². The Hall–Kier alpha value is -2.24. The van der Waals surface area contributed by atoms with Crippen molar-refractivity contribution < 1.29 is 17.9 Å². The second kappa shape index (κ2) is 11.2. The Morgan fingerprint density at radius 2 is 1.76 bits per heavy atom. The van der Waals surface area contributed by atoms with Crippen molar-refractivity contribution in [2.24, 2.45) is 11.8 Å². The minimum Gasteiger partial charge on any atom is -0.494 e. The van der Waals surface area contributed by atoms with E-state index < -0.39 is 10.0 Å². The Morgan fingerprint density at radius 1 is 1.11 bits per heavy atom. The van der Waals surface area contributed by atoms with Gasteiger partial charge in [-0.1, -0.05) is 36.8 Å². The van der Waals surface area contributed by atoms with Crippen molar-refractivity contribution in [3.8, 4) is 5.75 Å². The summed E-state index contributed by atoms with van der Waals surface area (Å²) in [5.74, 6) is 0.939. The number of fused-ring (bicyclic) bond motifs is 1. The number of methoxy groups -OCH3 is 1. The number of carbonyl (C=O) groups is 1. The molecule has 37 heavy (non-hydrogen) atoms. The first kappa shape index (κ1) is 27.8. The molecule has 1 amide bonds. The highest BCUT2D eigenvalue weighted by Crippen LogP contribution is 2.39. The van der Waals surface area contributed by atoms with Gasteiger partial charge in [-0.25, -0.2) is 13.4 Å². The number of thiazole rings is 1. The highest BCUT2D eigenvalue weighted by atomic mass is 35.5. The van der Waals surface area contributed by atoms with Crippen LogP contribution in [0.15, 0.2) is 41.3 Å². The SMILES string of the molecule is COc1ccc(Cl)c2sc(N(CCN(C)C)C(=O)c3ccc(S(=O)(=O)N4CC(C)CC(C)C4)cc3)nc12. The number of ether oxygens (including phenoxy) is 1. The van der Waals surface area contributed by atoms with Crippen LogP contribution >= 0.6 is 22.9 Å². The number of piperidine rings is 1. The molecule has 0 N–H and O–H groups in total. The minimum atomic E-state index is -3.63. The van der Waals surface area contributed by atoms with E-state index in [2.05, 4.69) is 13.8 Å². The van der Waals surface area contributed by atoms with E-state index in [1.54, 1.807) is 40.6 Å². The molecule has 1 aliphatic rings. The molecule has 1 aromatic heterocycles. The van der Waals surface area contributed by atoms with E-state index >= 15 is 0 Å². The molecule has 2 unspecified atom stereocenters. The number of rotatable bonds is 8. The lowest BCUT2D eigenvalue weighted by Crippen LogP contribution is -2.42. The average Bonchev–Trinajstić information content (AvgIpc) is 3.29. The Labute approximate surface area is 227 Å². The van der Waals surface area contributed by atoms with Gasteiger partial charge in [0.25, 0.3) is 5.91 Å². The standard InChI is InChI=1S/C26H33ClN4O4S2/c1-17-14-18(2)16-30(15-17)37(33,34)20-8-6-19(7-9-20)25(32)31(13-12-29(3)4)26-28-23-22(35-5)11-10-21(27)24(23)36-26/h6-11,17-18H,12-16H2,1-5H3. The summed E-state index contributed by atoms with van der Waals surface area (Å²) in [5.41, 5.74) is 0.986. The molecule has 1 fully saturated rings. The van der Waals surface area contributed by atoms with Gasteiger partial charge in [0.05, 0.1) is 21.7 Å². The predicted octanol–water partition coefficient (Wildman–Crippen LogP) is 4.83. The molecule has 3 aromatic rings. The number of halogens is 1. The largest absolute Gasteiger partial charge is 0.494 e. The summed E-state index contributed by atoms with van der Waals surface area (Å²) in [4.78, 5) is 22.2. The van der Waals surface area contributed by atoms with Crippen LogP contribution in [0.4, 0.5) is 5.13 Å². The van der Waals surface area contributed by atoms with Crippen LogP contribution in [0, 0.1) is 11.8 Å². The highest BCUT2D eigenvalue weighted by Gasteiger charge is 2.32. The van der Waals surface area contributed by atoms with Crippen LogP contribution in [0.1, 0.15) is 30.6 Å². The van der Waals surface area contributed by atoms with Gasteiger partial charge in [-0.15, -0.1) is 0 Å². The molecule has 11 heteroatoms. The van der Waals surface area contributed by atoms with Crippen LogP contribution in [-0.4, -0.2) is 75.9 Å². The molecular weight excluding hydrogens is 532 g/mol. The molecule has 1 aliphatic heterocycles. The normalized spacial score (nSPS) is 18.9. The van der Waals surface area contributed by atoms with E-state index in [1.165, 1.54) is 23.5 Å². The average molecular weight is 565 g/mol. The maximum Gasteiger partial charge on any atom is 0.260 e. The molecule has 2 atom stereocenters. The maximum absolute atomic E-state index is 13.7. The van der Waals surface area contributed by atoms with Crippen molar-refractivity contribution >= 4 is 54.2 Å². The van der Waals surface area contributed by atoms with Crippen molar-refractivity contribution in [2.45, 2.75) is 25.2 Å². The van der Waals surface area contributed by atoms with Gasteiger partial charge in [0, 0.05) is 31.7 Å². The predicted molar refractivity (Wildman–Crippen MR) is 150 cm³/mol. The van der Waals surface area contributed by atoms with Gasteiger partial charge in [-0.05, 0) is 68.8 Å². The molecule has 4 rings (SSSR count). The van der Waals surface area contributed by atoms with E-state index in [0.717, 1.165) is 11.1 Å². The summed E-state index contributed by atoms with van der Waals surface area (Å²) in [7, 11) is 1.80. The summed E-state index contributed by atoms with van der Waals surface area (Å²) in [6.45, 7) is 6.18. The van der Waals surface area contributed by atoms with Gasteiger partial charge in [0.2, 0.25) is 10.0 Å². The fourth-order valence-corrected chi connectivity index (χ4v) is 7.64. The summed E-state index contributed by atoms with van der Waals surface area (Å²) >= 11 is 7.74. The summed E-state index contributed by atoms with van der Waals surface area (Å²) in [6, 6.07) is 9.71. The number of amides is 1. The number of anilines is 1. The molecule has 0 radical (unpaired) electrons. The molecule has 1 saturated heterocycles. The van der Waals surface area contributed by atoms with Crippen molar-refractivity contribution in [3.05, 3.63) is 47.0 Å². The topological polar surface area (TPSA) is 83.0 Å². The number of aromatic nitrogens is 1.